The molecule has 7 heteroatoms. The number of methoxy groups -OCH3 is 1. The second-order valence-electron chi connectivity index (χ2n) is 12.7. The monoisotopic (exact) mass is 636 g/mol. The molecule has 0 aromatic carbocycles. The van der Waals surface area contributed by atoms with E-state index in [2.05, 4.69) is 60.6 Å². The SMILES string of the molecule is C=CC=[C-]/C=C(\C)C(F)(F)F.CC(=O)C12CCCC1CC(C(C)C)C2.COC1COCCC1C.[CH2-]C(C)C[CH-]CCC.[K+]. The molecule has 1 aliphatic heterocycles. The van der Waals surface area contributed by atoms with Crippen LogP contribution in [0.15, 0.2) is 30.4 Å². The molecule has 6 unspecified atom stereocenters. The third kappa shape index (κ3) is 18.2. The minimum absolute atomic E-state index is 0. The topological polar surface area (TPSA) is 35.5 Å². The number of halogens is 3. The summed E-state index contributed by atoms with van der Waals surface area (Å²) in [6.07, 6.45) is 15.4. The number of unbranched alkanes of at least 4 members (excludes halogenated alkanes) is 2. The van der Waals surface area contributed by atoms with Crippen molar-refractivity contribution in [3.05, 3.63) is 49.8 Å². The number of ether oxygens (including phenoxy) is 2. The Morgan fingerprint density at radius 1 is 1.26 bits per heavy atom. The zero-order valence-electron chi connectivity index (χ0n) is 28.8. The summed E-state index contributed by atoms with van der Waals surface area (Å²) >= 11 is 0. The Labute approximate surface area is 305 Å². The summed E-state index contributed by atoms with van der Waals surface area (Å²) in [4.78, 5) is 11.8. The van der Waals surface area contributed by atoms with Gasteiger partial charge >= 0.3 is 57.6 Å². The predicted octanol–water partition coefficient (Wildman–Crippen LogP) is 7.38. The van der Waals surface area contributed by atoms with E-state index >= 15 is 0 Å². The summed E-state index contributed by atoms with van der Waals surface area (Å²) < 4.78 is 45.6. The Kier molecular flexibility index (Phi) is 25.8. The smallest absolute Gasteiger partial charge is 0.379 e. The molecule has 1 heterocycles. The molecule has 0 amide bonds. The first-order valence-electron chi connectivity index (χ1n) is 15.9. The zero-order chi connectivity index (χ0) is 32.3. The minimum Gasteiger partial charge on any atom is -0.379 e. The molecule has 246 valence electrons. The molecule has 2 saturated carbocycles. The number of Topliss-reactive ketones (excluding diaryl/α,β-unsaturated/α-hetero) is 1. The largest absolute Gasteiger partial charge is 1.00 e. The molecule has 0 bridgehead atoms. The van der Waals surface area contributed by atoms with E-state index in [1.807, 2.05) is 6.92 Å². The van der Waals surface area contributed by atoms with E-state index in [1.54, 1.807) is 7.11 Å². The molecule has 3 fully saturated rings. The van der Waals surface area contributed by atoms with Crippen molar-refractivity contribution in [3.63, 3.8) is 0 Å². The molecule has 0 spiro atoms. The number of hydrogen-bond acceptors (Lipinski definition) is 3. The molecule has 0 radical (unpaired) electrons. The van der Waals surface area contributed by atoms with Crippen molar-refractivity contribution in [3.8, 4) is 0 Å². The molecule has 0 aromatic rings. The van der Waals surface area contributed by atoms with Gasteiger partial charge in [0.05, 0.1) is 12.7 Å². The van der Waals surface area contributed by atoms with Crippen LogP contribution in [0.3, 0.4) is 0 Å². The predicted molar refractivity (Wildman–Crippen MR) is 170 cm³/mol. The van der Waals surface area contributed by atoms with E-state index < -0.39 is 11.7 Å². The van der Waals surface area contributed by atoms with Gasteiger partial charge in [-0.15, -0.1) is 0 Å². The van der Waals surface area contributed by atoms with Crippen LogP contribution in [0.25, 0.3) is 0 Å². The van der Waals surface area contributed by atoms with Crippen LogP contribution in [0.1, 0.15) is 106 Å². The third-order valence-corrected chi connectivity index (χ3v) is 8.77. The van der Waals surface area contributed by atoms with Gasteiger partial charge in [0.15, 0.2) is 0 Å². The average Bonchev–Trinajstić information content (AvgIpc) is 3.49. The maximum absolute atomic E-state index is 11.8. The third-order valence-electron chi connectivity index (χ3n) is 8.77. The minimum atomic E-state index is -4.25. The fourth-order valence-electron chi connectivity index (χ4n) is 5.84. The van der Waals surface area contributed by atoms with E-state index in [4.69, 9.17) is 9.47 Å². The summed E-state index contributed by atoms with van der Waals surface area (Å²) in [5.41, 5.74) is -0.551. The van der Waals surface area contributed by atoms with Crippen LogP contribution in [0.2, 0.25) is 0 Å². The van der Waals surface area contributed by atoms with Crippen molar-refractivity contribution in [2.24, 2.45) is 35.0 Å². The van der Waals surface area contributed by atoms with E-state index in [-0.39, 0.29) is 56.8 Å². The normalized spacial score (nSPS) is 27.4. The summed E-state index contributed by atoms with van der Waals surface area (Å²) in [6, 6.07) is 0. The maximum atomic E-state index is 11.8. The van der Waals surface area contributed by atoms with Crippen LogP contribution in [0, 0.1) is 54.4 Å². The first kappa shape index (κ1) is 45.4. The van der Waals surface area contributed by atoms with Crippen LogP contribution in [0.5, 0.6) is 0 Å². The summed E-state index contributed by atoms with van der Waals surface area (Å²) in [5, 5.41) is 0. The van der Waals surface area contributed by atoms with E-state index in [0.29, 0.717) is 23.7 Å². The molecule has 43 heavy (non-hydrogen) atoms. The average molecular weight is 637 g/mol. The van der Waals surface area contributed by atoms with Gasteiger partial charge in [-0.1, -0.05) is 60.0 Å². The molecule has 6 atom stereocenters. The number of hydrogen-bond donors (Lipinski definition) is 0. The van der Waals surface area contributed by atoms with Gasteiger partial charge in [-0.3, -0.25) is 4.79 Å². The van der Waals surface area contributed by atoms with E-state index in [1.165, 1.54) is 63.5 Å². The zero-order valence-corrected chi connectivity index (χ0v) is 31.9. The summed E-state index contributed by atoms with van der Waals surface area (Å²) in [7, 11) is 1.75. The summed E-state index contributed by atoms with van der Waals surface area (Å²) in [5.74, 6) is 4.04. The quantitative estimate of drug-likeness (QED) is 0.115. The number of alkyl halides is 3. The van der Waals surface area contributed by atoms with Gasteiger partial charge < -0.3 is 22.8 Å². The maximum Gasteiger partial charge on any atom is 1.00 e. The van der Waals surface area contributed by atoms with Crippen LogP contribution in [-0.4, -0.2) is 38.4 Å². The van der Waals surface area contributed by atoms with Crippen molar-refractivity contribution >= 4 is 5.78 Å². The van der Waals surface area contributed by atoms with Crippen LogP contribution in [-0.2, 0) is 14.3 Å². The van der Waals surface area contributed by atoms with Gasteiger partial charge in [0.1, 0.15) is 5.78 Å². The van der Waals surface area contributed by atoms with Gasteiger partial charge in [0.25, 0.3) is 0 Å². The van der Waals surface area contributed by atoms with Crippen molar-refractivity contribution in [2.75, 3.05) is 20.3 Å². The molecular formula is C36H60F3KO3-2. The van der Waals surface area contributed by atoms with Crippen LogP contribution < -0.4 is 51.4 Å². The van der Waals surface area contributed by atoms with E-state index in [0.717, 1.165) is 50.4 Å². The van der Waals surface area contributed by atoms with Gasteiger partial charge in [-0.25, -0.2) is 6.42 Å². The number of carbonyl (C=O) groups excluding carboxylic acids is 1. The van der Waals surface area contributed by atoms with Crippen molar-refractivity contribution in [2.45, 2.75) is 119 Å². The van der Waals surface area contributed by atoms with Gasteiger partial charge in [-0.05, 0) is 62.7 Å². The molecule has 0 aromatic heterocycles. The first-order valence-corrected chi connectivity index (χ1v) is 15.9. The Morgan fingerprint density at radius 2 is 1.91 bits per heavy atom. The first-order chi connectivity index (χ1) is 19.7. The summed E-state index contributed by atoms with van der Waals surface area (Å²) in [6.45, 7) is 22.8. The molecule has 3 aliphatic rings. The van der Waals surface area contributed by atoms with Gasteiger partial charge in [0, 0.05) is 19.1 Å². The second-order valence-corrected chi connectivity index (χ2v) is 12.7. The van der Waals surface area contributed by atoms with Crippen LogP contribution in [0.4, 0.5) is 13.2 Å². The number of rotatable bonds is 9. The number of carbonyl (C=O) groups is 1. The number of fused-ring (bicyclic) bond motifs is 1. The molecule has 3 nitrogen and oxygen atoms in total. The van der Waals surface area contributed by atoms with Crippen LogP contribution >= 0.6 is 0 Å². The Hall–Kier alpha value is 0.236. The fraction of sp³-hybridized carbons (Fsp3) is 0.750. The molecule has 2 aliphatic carbocycles. The Balaban J connectivity index is 0. The van der Waals surface area contributed by atoms with Crippen molar-refractivity contribution in [1.29, 1.82) is 0 Å². The molecule has 0 N–H and O–H groups in total. The van der Waals surface area contributed by atoms with Gasteiger partial charge in [0.2, 0.25) is 0 Å². The number of allylic oxidation sites excluding steroid dienone is 5. The van der Waals surface area contributed by atoms with Crippen molar-refractivity contribution in [1.82, 2.24) is 0 Å². The second kappa shape index (κ2) is 24.4. The molecule has 1 saturated heterocycles. The fourth-order valence-corrected chi connectivity index (χ4v) is 5.84. The Morgan fingerprint density at radius 3 is 2.33 bits per heavy atom. The number of ketones is 1. The van der Waals surface area contributed by atoms with Crippen molar-refractivity contribution < 1.29 is 78.8 Å². The van der Waals surface area contributed by atoms with Gasteiger partial charge in [-0.2, -0.15) is 56.4 Å². The Bertz CT molecular complexity index is 806. The molecule has 3 rings (SSSR count). The molecular weight excluding hydrogens is 576 g/mol. The van der Waals surface area contributed by atoms with E-state index in [9.17, 15) is 18.0 Å². The standard InChI is InChI=1S/C13H22O.C8H8F3.C8H16.C7H14O2.K/c1-9(2)11-7-12-5-4-6-13(12,8-11)10(3)14;1-3-4-5-6-7(2)8(9,10)11;1-4-5-6-7-8(2)3;1-6-3-4-9-5-7(6)8-2;/h9,11-12H,4-8H2,1-3H3;3-4,6H,1H2,2H3;6,8H,2,4-5,7H2,1,3H3;6-7H,3-5H2,1-2H3;/q;-1;-2;;+1/b;7-6+;;;.